The molecule has 0 unspecified atom stereocenters. The molecule has 0 radical (unpaired) electrons. The van der Waals surface area contributed by atoms with Gasteiger partial charge in [-0.3, -0.25) is 9.59 Å². The number of ketones is 1. The third-order valence-corrected chi connectivity index (χ3v) is 3.43. The Morgan fingerprint density at radius 3 is 2.22 bits per heavy atom. The summed E-state index contributed by atoms with van der Waals surface area (Å²) in [5, 5.41) is 9.43. The number of aliphatic carboxylic acids is 1. The summed E-state index contributed by atoms with van der Waals surface area (Å²) in [5.41, 5.74) is 2.40. The van der Waals surface area contributed by atoms with E-state index in [4.69, 9.17) is 16.7 Å². The number of hydrogen-bond acceptors (Lipinski definition) is 2. The average molecular weight is 352 g/mol. The van der Waals surface area contributed by atoms with Crippen molar-refractivity contribution in [1.82, 2.24) is 4.57 Å². The zero-order valence-corrected chi connectivity index (χ0v) is 15.9. The molecule has 1 heterocycles. The molecule has 0 aliphatic carbocycles. The van der Waals surface area contributed by atoms with Crippen LogP contribution in [-0.2, 0) is 18.3 Å². The number of rotatable bonds is 4. The topological polar surface area (TPSA) is 122 Å². The van der Waals surface area contributed by atoms with Gasteiger partial charge in [-0.25, -0.2) is 0 Å². The number of carbonyl (C=O) groups excluding carboxylic acids is 1. The van der Waals surface area contributed by atoms with Gasteiger partial charge in [0.15, 0.2) is 0 Å². The molecule has 1 aromatic heterocycles. The zero-order chi connectivity index (χ0) is 14.9. The molecular weight excluding hydrogens is 333 g/mol. The molecule has 0 bridgehead atoms. The van der Waals surface area contributed by atoms with Crippen molar-refractivity contribution in [3.63, 3.8) is 0 Å². The molecule has 6 nitrogen and oxygen atoms in total. The van der Waals surface area contributed by atoms with Crippen molar-refractivity contribution < 1.29 is 56.6 Å². The van der Waals surface area contributed by atoms with Crippen LogP contribution in [-0.4, -0.2) is 32.4 Å². The van der Waals surface area contributed by atoms with Crippen LogP contribution in [0.3, 0.4) is 0 Å². The van der Waals surface area contributed by atoms with Crippen LogP contribution in [0.4, 0.5) is 0 Å². The fourth-order valence-electron chi connectivity index (χ4n) is 2.22. The molecule has 8 heteroatoms. The molecule has 0 atom stereocenters. The molecular formula is C15H19ClNNaO5. The first-order valence-corrected chi connectivity index (χ1v) is 6.45. The Hall–Kier alpha value is -1.15. The Balaban J connectivity index is -0.00000110. The van der Waals surface area contributed by atoms with E-state index in [1.165, 1.54) is 0 Å². The summed E-state index contributed by atoms with van der Waals surface area (Å²) in [7, 11) is 1.70. The van der Waals surface area contributed by atoms with E-state index in [-0.39, 0.29) is 54.1 Å². The van der Waals surface area contributed by atoms with Crippen molar-refractivity contribution in [2.24, 2.45) is 7.05 Å². The van der Waals surface area contributed by atoms with E-state index < -0.39 is 5.97 Å². The summed E-state index contributed by atoms with van der Waals surface area (Å²) < 4.78 is 1.64. The molecule has 23 heavy (non-hydrogen) atoms. The van der Waals surface area contributed by atoms with Crippen LogP contribution in [0.15, 0.2) is 30.3 Å². The standard InChI is InChI=1S/C15H14ClNO3.Na.2H2O.H/c1-9-7-12(8-13(18)19)17(2)14(9)15(20)10-3-5-11(16)6-4-10;;;;/h3-7H,8H2,1-2H3,(H,18,19);;2*1H2;/q;+1;;;-1. The third kappa shape index (κ3) is 5.46. The van der Waals surface area contributed by atoms with Crippen molar-refractivity contribution in [1.29, 1.82) is 0 Å². The van der Waals surface area contributed by atoms with E-state index in [1.807, 2.05) is 0 Å². The van der Waals surface area contributed by atoms with Gasteiger partial charge in [0.05, 0.1) is 12.1 Å². The summed E-state index contributed by atoms with van der Waals surface area (Å²) in [6.07, 6.45) is -0.106. The molecule has 2 rings (SSSR count). The Morgan fingerprint density at radius 2 is 1.74 bits per heavy atom. The van der Waals surface area contributed by atoms with Gasteiger partial charge in [-0.05, 0) is 42.8 Å². The zero-order valence-electron chi connectivity index (χ0n) is 14.2. The quantitative estimate of drug-likeness (QED) is 0.522. The first kappa shape index (κ1) is 24.1. The molecule has 1 aromatic carbocycles. The third-order valence-electron chi connectivity index (χ3n) is 3.18. The number of benzene rings is 1. The summed E-state index contributed by atoms with van der Waals surface area (Å²) in [4.78, 5) is 23.3. The number of aromatic nitrogens is 1. The van der Waals surface area contributed by atoms with E-state index >= 15 is 0 Å². The Bertz CT molecular complexity index is 688. The van der Waals surface area contributed by atoms with Crippen molar-refractivity contribution in [3.8, 4) is 0 Å². The normalized spacial score (nSPS) is 9.17. The van der Waals surface area contributed by atoms with E-state index in [0.29, 0.717) is 22.0 Å². The Morgan fingerprint density at radius 1 is 1.22 bits per heavy atom. The molecule has 0 saturated carbocycles. The largest absolute Gasteiger partial charge is 1.00 e. The number of nitrogens with zero attached hydrogens (tertiary/aromatic N) is 1. The van der Waals surface area contributed by atoms with Gasteiger partial charge in [0.2, 0.25) is 5.78 Å². The molecule has 0 saturated heterocycles. The second-order valence-corrected chi connectivity index (χ2v) is 5.07. The van der Waals surface area contributed by atoms with Crippen molar-refractivity contribution in [3.05, 3.63) is 57.9 Å². The van der Waals surface area contributed by atoms with E-state index in [2.05, 4.69) is 0 Å². The summed E-state index contributed by atoms with van der Waals surface area (Å²) in [5.74, 6) is -1.06. The van der Waals surface area contributed by atoms with Gasteiger partial charge in [-0.15, -0.1) is 0 Å². The molecule has 0 amide bonds. The van der Waals surface area contributed by atoms with Crippen LogP contribution < -0.4 is 29.6 Å². The van der Waals surface area contributed by atoms with Crippen LogP contribution in [0.1, 0.15) is 28.7 Å². The van der Waals surface area contributed by atoms with Crippen LogP contribution >= 0.6 is 11.6 Å². The predicted molar refractivity (Wildman–Crippen MR) is 84.7 cm³/mol. The minimum absolute atomic E-state index is 0. The molecule has 5 N–H and O–H groups in total. The van der Waals surface area contributed by atoms with Crippen molar-refractivity contribution in [2.75, 3.05) is 0 Å². The number of carboxylic acid groups (broad SMARTS) is 1. The maximum atomic E-state index is 12.5. The van der Waals surface area contributed by atoms with Crippen LogP contribution in [0, 0.1) is 6.92 Å². The first-order valence-electron chi connectivity index (χ1n) is 6.07. The summed E-state index contributed by atoms with van der Waals surface area (Å²) in [6.45, 7) is 1.80. The number of aryl methyl sites for hydroxylation is 1. The molecule has 0 spiro atoms. The molecule has 2 aromatic rings. The van der Waals surface area contributed by atoms with E-state index in [0.717, 1.165) is 5.56 Å². The molecule has 0 aliphatic rings. The first-order chi connectivity index (χ1) is 9.40. The van der Waals surface area contributed by atoms with Gasteiger partial charge in [0.1, 0.15) is 0 Å². The maximum absolute atomic E-state index is 12.5. The SMILES string of the molecule is Cc1cc(CC(=O)O)n(C)c1C(=O)c1ccc(Cl)cc1.O.O.[H-].[Na+]. The monoisotopic (exact) mass is 351 g/mol. The second-order valence-electron chi connectivity index (χ2n) is 4.63. The van der Waals surface area contributed by atoms with Crippen molar-refractivity contribution in [2.45, 2.75) is 13.3 Å². The fraction of sp³-hybridized carbons (Fsp3) is 0.200. The maximum Gasteiger partial charge on any atom is 1.00 e. The van der Waals surface area contributed by atoms with Crippen LogP contribution in [0.25, 0.3) is 0 Å². The average Bonchev–Trinajstić information content (AvgIpc) is 2.64. The van der Waals surface area contributed by atoms with Gasteiger partial charge in [0, 0.05) is 23.3 Å². The minimum Gasteiger partial charge on any atom is -1.00 e. The van der Waals surface area contributed by atoms with E-state index in [1.54, 1.807) is 48.9 Å². The van der Waals surface area contributed by atoms with Crippen LogP contribution in [0.5, 0.6) is 0 Å². The summed E-state index contributed by atoms with van der Waals surface area (Å²) in [6, 6.07) is 8.37. The number of halogens is 1. The number of hydrogen-bond donors (Lipinski definition) is 1. The molecule has 0 aliphatic heterocycles. The van der Waals surface area contributed by atoms with Gasteiger partial charge >= 0.3 is 35.5 Å². The number of carboxylic acids is 1. The van der Waals surface area contributed by atoms with Gasteiger partial charge in [-0.2, -0.15) is 0 Å². The Labute approximate surface area is 162 Å². The molecule has 122 valence electrons. The fourth-order valence-corrected chi connectivity index (χ4v) is 2.34. The smallest absolute Gasteiger partial charge is 1.00 e. The molecule has 0 fully saturated rings. The van der Waals surface area contributed by atoms with Crippen LogP contribution in [0.2, 0.25) is 5.02 Å². The van der Waals surface area contributed by atoms with Gasteiger partial charge in [0.25, 0.3) is 0 Å². The second kappa shape index (κ2) is 9.87. The summed E-state index contributed by atoms with van der Waals surface area (Å²) >= 11 is 5.80. The van der Waals surface area contributed by atoms with Crippen molar-refractivity contribution >= 4 is 23.4 Å². The van der Waals surface area contributed by atoms with E-state index in [9.17, 15) is 9.59 Å². The predicted octanol–water partition coefficient (Wildman–Crippen LogP) is -1.69. The van der Waals surface area contributed by atoms with Gasteiger partial charge < -0.3 is 22.1 Å². The number of carbonyl (C=O) groups is 2. The minimum atomic E-state index is -0.920. The van der Waals surface area contributed by atoms with Gasteiger partial charge in [-0.1, -0.05) is 11.6 Å². The Kier molecular flexibility index (Phi) is 10.3.